The van der Waals surface area contributed by atoms with Crippen molar-refractivity contribution in [3.8, 4) is 5.75 Å². The van der Waals surface area contributed by atoms with Crippen LogP contribution in [-0.2, 0) is 0 Å². The predicted molar refractivity (Wildman–Crippen MR) is 87.5 cm³/mol. The molecular formula is C17H20BrNO. The van der Waals surface area contributed by atoms with Crippen LogP contribution in [-0.4, -0.2) is 14.2 Å². The molecule has 3 heteroatoms. The molecule has 0 saturated heterocycles. The molecule has 0 fully saturated rings. The van der Waals surface area contributed by atoms with E-state index in [4.69, 9.17) is 4.74 Å². The van der Waals surface area contributed by atoms with Crippen LogP contribution in [0.3, 0.4) is 0 Å². The summed E-state index contributed by atoms with van der Waals surface area (Å²) in [6, 6.07) is 12.8. The van der Waals surface area contributed by atoms with Crippen LogP contribution in [0, 0.1) is 13.8 Å². The fourth-order valence-electron chi connectivity index (χ4n) is 2.62. The van der Waals surface area contributed by atoms with Gasteiger partial charge in [0.15, 0.2) is 0 Å². The lowest BCUT2D eigenvalue weighted by molar-refractivity contribution is 0.412. The molecule has 0 saturated carbocycles. The molecule has 0 bridgehead atoms. The molecule has 1 N–H and O–H groups in total. The van der Waals surface area contributed by atoms with Crippen LogP contribution in [0.4, 0.5) is 0 Å². The van der Waals surface area contributed by atoms with Gasteiger partial charge in [0.1, 0.15) is 5.75 Å². The highest BCUT2D eigenvalue weighted by molar-refractivity contribution is 9.10. The smallest absolute Gasteiger partial charge is 0.133 e. The molecule has 0 heterocycles. The largest absolute Gasteiger partial charge is 0.496 e. The summed E-state index contributed by atoms with van der Waals surface area (Å²) in [5.74, 6) is 0.852. The molecule has 1 unspecified atom stereocenters. The number of benzene rings is 2. The fourth-order valence-corrected chi connectivity index (χ4v) is 3.18. The molecule has 2 aromatic carbocycles. The fraction of sp³-hybridized carbons (Fsp3) is 0.294. The summed E-state index contributed by atoms with van der Waals surface area (Å²) in [5.41, 5.74) is 5.16. The Hall–Kier alpha value is -1.32. The van der Waals surface area contributed by atoms with E-state index in [-0.39, 0.29) is 6.04 Å². The third-order valence-electron chi connectivity index (χ3n) is 3.63. The van der Waals surface area contributed by atoms with Crippen LogP contribution in [0.25, 0.3) is 0 Å². The van der Waals surface area contributed by atoms with Crippen molar-refractivity contribution in [2.24, 2.45) is 0 Å². The van der Waals surface area contributed by atoms with Crippen LogP contribution >= 0.6 is 15.9 Å². The van der Waals surface area contributed by atoms with Crippen molar-refractivity contribution in [2.75, 3.05) is 14.2 Å². The number of halogens is 1. The minimum absolute atomic E-state index is 0.179. The van der Waals surface area contributed by atoms with E-state index in [1.165, 1.54) is 22.3 Å². The highest BCUT2D eigenvalue weighted by Crippen LogP contribution is 2.32. The normalized spacial score (nSPS) is 12.2. The minimum atomic E-state index is 0.179. The maximum atomic E-state index is 5.30. The van der Waals surface area contributed by atoms with Gasteiger partial charge in [0.05, 0.1) is 17.6 Å². The van der Waals surface area contributed by atoms with Gasteiger partial charge >= 0.3 is 0 Å². The monoisotopic (exact) mass is 333 g/mol. The van der Waals surface area contributed by atoms with Gasteiger partial charge in [-0.15, -0.1) is 0 Å². The number of ether oxygens (including phenoxy) is 1. The number of nitrogens with one attached hydrogen (secondary N) is 1. The first kappa shape index (κ1) is 15.1. The molecule has 2 aromatic rings. The Morgan fingerprint density at radius 3 is 2.25 bits per heavy atom. The third-order valence-corrected chi connectivity index (χ3v) is 4.25. The maximum Gasteiger partial charge on any atom is 0.133 e. The van der Waals surface area contributed by atoms with Crippen LogP contribution in [0.2, 0.25) is 0 Å². The molecule has 0 aliphatic carbocycles. The van der Waals surface area contributed by atoms with E-state index in [9.17, 15) is 0 Å². The van der Waals surface area contributed by atoms with E-state index in [1.807, 2.05) is 13.1 Å². The Bertz CT molecular complexity index is 590. The molecule has 1 atom stereocenters. The highest BCUT2D eigenvalue weighted by atomic mass is 79.9. The summed E-state index contributed by atoms with van der Waals surface area (Å²) in [7, 11) is 3.68. The number of hydrogen-bond donors (Lipinski definition) is 1. The number of rotatable bonds is 4. The summed E-state index contributed by atoms with van der Waals surface area (Å²) in [6.45, 7) is 4.32. The first-order valence-electron chi connectivity index (χ1n) is 6.65. The van der Waals surface area contributed by atoms with Crippen LogP contribution in [0.1, 0.15) is 28.3 Å². The van der Waals surface area contributed by atoms with Gasteiger partial charge in [-0.2, -0.15) is 0 Å². The van der Waals surface area contributed by atoms with Gasteiger partial charge in [-0.05, 0) is 71.2 Å². The molecule has 0 aliphatic rings. The lowest BCUT2D eigenvalue weighted by atomic mass is 9.91. The SMILES string of the molecule is CNC(c1ccc(OC)c(Br)c1)c1c(C)cccc1C. The minimum Gasteiger partial charge on any atom is -0.496 e. The van der Waals surface area contributed by atoms with Crippen molar-refractivity contribution in [1.29, 1.82) is 0 Å². The molecular weight excluding hydrogens is 314 g/mol. The predicted octanol–water partition coefficient (Wildman–Crippen LogP) is 4.38. The lowest BCUT2D eigenvalue weighted by Gasteiger charge is -2.22. The van der Waals surface area contributed by atoms with Gasteiger partial charge in [0, 0.05) is 0 Å². The number of methoxy groups -OCH3 is 1. The van der Waals surface area contributed by atoms with Crippen molar-refractivity contribution in [2.45, 2.75) is 19.9 Å². The first-order valence-corrected chi connectivity index (χ1v) is 7.44. The first-order chi connectivity index (χ1) is 9.58. The molecule has 0 amide bonds. The Morgan fingerprint density at radius 1 is 1.10 bits per heavy atom. The standard InChI is InChI=1S/C17H20BrNO/c1-11-6-5-7-12(2)16(11)17(19-3)13-8-9-15(20-4)14(18)10-13/h5-10,17,19H,1-4H3. The quantitative estimate of drug-likeness (QED) is 0.896. The van der Waals surface area contributed by atoms with Crippen molar-refractivity contribution >= 4 is 15.9 Å². The number of hydrogen-bond acceptors (Lipinski definition) is 2. The Morgan fingerprint density at radius 2 is 1.75 bits per heavy atom. The second-order valence-corrected chi connectivity index (χ2v) is 5.78. The summed E-state index contributed by atoms with van der Waals surface area (Å²) in [6.07, 6.45) is 0. The average molecular weight is 334 g/mol. The van der Waals surface area contributed by atoms with E-state index in [0.29, 0.717) is 0 Å². The van der Waals surface area contributed by atoms with Crippen molar-refractivity contribution in [3.63, 3.8) is 0 Å². The zero-order chi connectivity index (χ0) is 14.7. The molecule has 2 nitrogen and oxygen atoms in total. The van der Waals surface area contributed by atoms with Gasteiger partial charge in [0.25, 0.3) is 0 Å². The molecule has 20 heavy (non-hydrogen) atoms. The Labute approximate surface area is 129 Å². The second kappa shape index (κ2) is 6.42. The summed E-state index contributed by atoms with van der Waals surface area (Å²) >= 11 is 3.56. The molecule has 0 aromatic heterocycles. The summed E-state index contributed by atoms with van der Waals surface area (Å²) in [4.78, 5) is 0. The van der Waals surface area contributed by atoms with Crippen molar-refractivity contribution < 1.29 is 4.74 Å². The Balaban J connectivity index is 2.50. The van der Waals surface area contributed by atoms with Gasteiger partial charge in [-0.3, -0.25) is 0 Å². The average Bonchev–Trinajstić information content (AvgIpc) is 2.43. The van der Waals surface area contributed by atoms with Gasteiger partial charge in [0.2, 0.25) is 0 Å². The highest BCUT2D eigenvalue weighted by Gasteiger charge is 2.17. The van der Waals surface area contributed by atoms with E-state index in [2.05, 4.69) is 65.4 Å². The molecule has 106 valence electrons. The third kappa shape index (κ3) is 2.89. The molecule has 0 radical (unpaired) electrons. The van der Waals surface area contributed by atoms with Crippen molar-refractivity contribution in [3.05, 3.63) is 63.1 Å². The summed E-state index contributed by atoms with van der Waals surface area (Å²) < 4.78 is 6.28. The zero-order valence-corrected chi connectivity index (χ0v) is 13.9. The van der Waals surface area contributed by atoms with Crippen LogP contribution in [0.15, 0.2) is 40.9 Å². The van der Waals surface area contributed by atoms with E-state index < -0.39 is 0 Å². The Kier molecular flexibility index (Phi) is 4.84. The van der Waals surface area contributed by atoms with Gasteiger partial charge < -0.3 is 10.1 Å². The van der Waals surface area contributed by atoms with E-state index in [1.54, 1.807) is 7.11 Å². The lowest BCUT2D eigenvalue weighted by Crippen LogP contribution is -2.19. The van der Waals surface area contributed by atoms with E-state index in [0.717, 1.165) is 10.2 Å². The summed E-state index contributed by atoms with van der Waals surface area (Å²) in [5, 5.41) is 3.42. The van der Waals surface area contributed by atoms with Gasteiger partial charge in [-0.1, -0.05) is 24.3 Å². The maximum absolute atomic E-state index is 5.30. The van der Waals surface area contributed by atoms with Gasteiger partial charge in [-0.25, -0.2) is 0 Å². The zero-order valence-electron chi connectivity index (χ0n) is 12.3. The topological polar surface area (TPSA) is 21.3 Å². The molecule has 0 spiro atoms. The molecule has 0 aliphatic heterocycles. The van der Waals surface area contributed by atoms with E-state index >= 15 is 0 Å². The second-order valence-electron chi connectivity index (χ2n) is 4.92. The van der Waals surface area contributed by atoms with Crippen molar-refractivity contribution in [1.82, 2.24) is 5.32 Å². The van der Waals surface area contributed by atoms with Crippen LogP contribution in [0.5, 0.6) is 5.75 Å². The molecule has 2 rings (SSSR count). The van der Waals surface area contributed by atoms with Crippen LogP contribution < -0.4 is 10.1 Å². The number of aryl methyl sites for hydroxylation is 2.